The fraction of sp³-hybridized carbons (Fsp3) is 0.300. The number of anilines is 1. The fourth-order valence-electron chi connectivity index (χ4n) is 1.70. The van der Waals surface area contributed by atoms with E-state index < -0.39 is 0 Å². The number of nitrogens with two attached hydrogens (primary N) is 2. The Kier molecular flexibility index (Phi) is 1.83. The number of quaternary nitrogens is 1. The molecule has 0 aliphatic carbocycles. The molecule has 74 valence electrons. The van der Waals surface area contributed by atoms with Crippen LogP contribution in [0.25, 0.3) is 0 Å². The van der Waals surface area contributed by atoms with Crippen molar-refractivity contribution < 1.29 is 0 Å². The molecule has 14 heavy (non-hydrogen) atoms. The largest absolute Gasteiger partial charge is 0.394 e. The molecule has 1 aliphatic rings. The first-order valence-corrected chi connectivity index (χ1v) is 4.67. The van der Waals surface area contributed by atoms with Gasteiger partial charge in [-0.15, -0.1) is 5.84 Å². The van der Waals surface area contributed by atoms with Crippen LogP contribution in [0.4, 0.5) is 11.4 Å². The van der Waals surface area contributed by atoms with Crippen LogP contribution in [0.3, 0.4) is 0 Å². The summed E-state index contributed by atoms with van der Waals surface area (Å²) in [6.45, 7) is 4.05. The van der Waals surface area contributed by atoms with Crippen LogP contribution in [-0.4, -0.2) is 12.3 Å². The molecule has 4 heteroatoms. The van der Waals surface area contributed by atoms with Crippen LogP contribution < -0.4 is 16.3 Å². The SMILES string of the molecule is CC(C)[N+]1(N)N=Cc2cccc(N)c21. The van der Waals surface area contributed by atoms with Crippen molar-refractivity contribution in [3.63, 3.8) is 0 Å². The van der Waals surface area contributed by atoms with Gasteiger partial charge in [-0.2, -0.15) is 0 Å². The Balaban J connectivity index is 2.63. The molecular formula is C10H15N4+. The van der Waals surface area contributed by atoms with Crippen LogP contribution in [0.2, 0.25) is 0 Å². The van der Waals surface area contributed by atoms with Crippen LogP contribution in [0.1, 0.15) is 19.4 Å². The molecule has 1 aromatic carbocycles. The van der Waals surface area contributed by atoms with Gasteiger partial charge in [0.25, 0.3) is 0 Å². The summed E-state index contributed by atoms with van der Waals surface area (Å²) in [6.07, 6.45) is 1.78. The minimum atomic E-state index is 0.0575. The third-order valence-corrected chi connectivity index (χ3v) is 2.63. The number of nitrogen functional groups attached to an aromatic ring is 1. The van der Waals surface area contributed by atoms with E-state index >= 15 is 0 Å². The van der Waals surface area contributed by atoms with E-state index in [2.05, 4.69) is 5.10 Å². The fourth-order valence-corrected chi connectivity index (χ4v) is 1.70. The highest BCUT2D eigenvalue weighted by Gasteiger charge is 2.39. The first kappa shape index (κ1) is 9.18. The van der Waals surface area contributed by atoms with E-state index in [1.54, 1.807) is 6.21 Å². The number of fused-ring (bicyclic) bond motifs is 1. The number of nitrogens with zero attached hydrogens (tertiary/aromatic N) is 2. The van der Waals surface area contributed by atoms with Gasteiger partial charge in [0, 0.05) is 0 Å². The highest BCUT2D eigenvalue weighted by atomic mass is 15.8. The zero-order valence-electron chi connectivity index (χ0n) is 8.44. The minimum absolute atomic E-state index is 0.0575. The summed E-state index contributed by atoms with van der Waals surface area (Å²) in [6, 6.07) is 5.92. The smallest absolute Gasteiger partial charge is 0.211 e. The number of para-hydroxylation sites is 1. The van der Waals surface area contributed by atoms with Gasteiger partial charge < -0.3 is 5.73 Å². The summed E-state index contributed by atoms with van der Waals surface area (Å²) in [5.41, 5.74) is 8.53. The average molecular weight is 191 g/mol. The second kappa shape index (κ2) is 2.80. The third kappa shape index (κ3) is 1.05. The predicted octanol–water partition coefficient (Wildman–Crippen LogP) is 1.21. The van der Waals surface area contributed by atoms with Crippen molar-refractivity contribution >= 4 is 17.6 Å². The van der Waals surface area contributed by atoms with Crippen LogP contribution in [0, 0.1) is 0 Å². The van der Waals surface area contributed by atoms with Gasteiger partial charge in [-0.3, -0.25) is 0 Å². The van der Waals surface area contributed by atoms with Gasteiger partial charge in [0.15, 0.2) is 0 Å². The van der Waals surface area contributed by atoms with Crippen molar-refractivity contribution in [1.29, 1.82) is 0 Å². The Hall–Kier alpha value is -1.39. The molecule has 1 atom stereocenters. The average Bonchev–Trinajstić information content (AvgIpc) is 2.47. The summed E-state index contributed by atoms with van der Waals surface area (Å²) in [4.78, 5) is 0. The standard InChI is InChI=1S/C10H15N4/c1-7(2)14(12)10-8(6-13-14)4-3-5-9(10)11/h3-7H,11-12H2,1-2H3/q+1. The number of hydrogen-bond acceptors (Lipinski definition) is 3. The molecule has 0 aromatic heterocycles. The van der Waals surface area contributed by atoms with Crippen molar-refractivity contribution in [2.75, 3.05) is 5.73 Å². The van der Waals surface area contributed by atoms with Crippen molar-refractivity contribution in [1.82, 2.24) is 4.70 Å². The van der Waals surface area contributed by atoms with Crippen LogP contribution in [0.15, 0.2) is 23.3 Å². The van der Waals surface area contributed by atoms with Crippen molar-refractivity contribution in [2.45, 2.75) is 19.9 Å². The lowest BCUT2D eigenvalue weighted by Crippen LogP contribution is -2.55. The van der Waals surface area contributed by atoms with Gasteiger partial charge in [-0.05, 0) is 26.0 Å². The molecule has 2 rings (SSSR count). The minimum Gasteiger partial charge on any atom is -0.394 e. The first-order valence-electron chi connectivity index (χ1n) is 4.67. The maximum Gasteiger partial charge on any atom is 0.211 e. The van der Waals surface area contributed by atoms with E-state index in [1.807, 2.05) is 32.0 Å². The second-order valence-corrected chi connectivity index (χ2v) is 3.86. The van der Waals surface area contributed by atoms with Gasteiger partial charge >= 0.3 is 0 Å². The summed E-state index contributed by atoms with van der Waals surface area (Å²) in [5, 5.41) is 4.31. The lowest BCUT2D eigenvalue weighted by atomic mass is 10.1. The molecule has 0 amide bonds. The van der Waals surface area contributed by atoms with Gasteiger partial charge in [-0.1, -0.05) is 15.9 Å². The van der Waals surface area contributed by atoms with E-state index in [-0.39, 0.29) is 10.7 Å². The van der Waals surface area contributed by atoms with Crippen LogP contribution in [0.5, 0.6) is 0 Å². The Labute approximate surface area is 83.4 Å². The lowest BCUT2D eigenvalue weighted by Gasteiger charge is -2.27. The molecule has 1 heterocycles. The zero-order chi connectivity index (χ0) is 10.3. The maximum atomic E-state index is 6.17. The Morgan fingerprint density at radius 2 is 2.07 bits per heavy atom. The van der Waals surface area contributed by atoms with Gasteiger partial charge in [-0.25, -0.2) is 0 Å². The quantitative estimate of drug-likeness (QED) is 0.398. The molecule has 0 spiro atoms. The number of hydrogen-bond donors (Lipinski definition) is 2. The topological polar surface area (TPSA) is 64.4 Å². The normalized spacial score (nSPS) is 24.3. The zero-order valence-corrected chi connectivity index (χ0v) is 8.44. The Bertz CT molecular complexity index is 397. The van der Waals surface area contributed by atoms with Crippen LogP contribution in [-0.2, 0) is 0 Å². The molecule has 4 N–H and O–H groups in total. The molecule has 0 radical (unpaired) electrons. The van der Waals surface area contributed by atoms with E-state index in [0.29, 0.717) is 5.69 Å². The monoisotopic (exact) mass is 191 g/mol. The number of rotatable bonds is 1. The lowest BCUT2D eigenvalue weighted by molar-refractivity contribution is 0.247. The molecule has 1 aromatic rings. The second-order valence-electron chi connectivity index (χ2n) is 3.86. The first-order chi connectivity index (χ1) is 6.55. The van der Waals surface area contributed by atoms with E-state index in [1.165, 1.54) is 0 Å². The highest BCUT2D eigenvalue weighted by Crippen LogP contribution is 2.36. The number of benzene rings is 1. The van der Waals surface area contributed by atoms with Crippen molar-refractivity contribution in [3.8, 4) is 0 Å². The van der Waals surface area contributed by atoms with E-state index in [0.717, 1.165) is 11.3 Å². The molecule has 0 fully saturated rings. The molecule has 1 unspecified atom stereocenters. The Morgan fingerprint density at radius 3 is 2.71 bits per heavy atom. The van der Waals surface area contributed by atoms with Gasteiger partial charge in [0.05, 0.1) is 17.5 Å². The van der Waals surface area contributed by atoms with Crippen molar-refractivity contribution in [3.05, 3.63) is 23.8 Å². The summed E-state index contributed by atoms with van der Waals surface area (Å²) < 4.78 is 0.0575. The van der Waals surface area contributed by atoms with E-state index in [4.69, 9.17) is 11.6 Å². The maximum absolute atomic E-state index is 6.17. The molecular weight excluding hydrogens is 176 g/mol. The molecule has 0 bridgehead atoms. The third-order valence-electron chi connectivity index (χ3n) is 2.63. The summed E-state index contributed by atoms with van der Waals surface area (Å²) >= 11 is 0. The highest BCUT2D eigenvalue weighted by molar-refractivity contribution is 5.95. The summed E-state index contributed by atoms with van der Waals surface area (Å²) in [5.74, 6) is 6.17. The van der Waals surface area contributed by atoms with Gasteiger partial charge in [0.1, 0.15) is 6.04 Å². The summed E-state index contributed by atoms with van der Waals surface area (Å²) in [7, 11) is 0. The molecule has 4 nitrogen and oxygen atoms in total. The predicted molar refractivity (Wildman–Crippen MR) is 59.6 cm³/mol. The molecule has 0 saturated carbocycles. The van der Waals surface area contributed by atoms with Crippen molar-refractivity contribution in [2.24, 2.45) is 10.9 Å². The van der Waals surface area contributed by atoms with Crippen LogP contribution >= 0.6 is 0 Å². The van der Waals surface area contributed by atoms with E-state index in [9.17, 15) is 0 Å². The van der Waals surface area contributed by atoms with Gasteiger partial charge in [0.2, 0.25) is 5.69 Å². The molecule has 1 aliphatic heterocycles. The Morgan fingerprint density at radius 1 is 1.36 bits per heavy atom. The molecule has 0 saturated heterocycles.